The number of H-pyrrole nitrogens is 1. The number of aromatic amines is 1. The molecule has 0 amide bonds. The molecular weight excluding hydrogens is 218 g/mol. The third kappa shape index (κ3) is 1.67. The first-order valence-electron chi connectivity index (χ1n) is 5.81. The topological polar surface area (TPSA) is 41.6 Å². The van der Waals surface area contributed by atoms with Crippen molar-refractivity contribution in [2.24, 2.45) is 0 Å². The van der Waals surface area contributed by atoms with Crippen LogP contribution in [0.5, 0.6) is 0 Å². The van der Waals surface area contributed by atoms with E-state index in [2.05, 4.69) is 33.6 Å². The smallest absolute Gasteiger partial charge is 0.191 e. The Morgan fingerprint density at radius 3 is 2.88 bits per heavy atom. The van der Waals surface area contributed by atoms with Gasteiger partial charge in [-0.3, -0.25) is 5.10 Å². The summed E-state index contributed by atoms with van der Waals surface area (Å²) in [5, 5.41) is 9.54. The van der Waals surface area contributed by atoms with Crippen LogP contribution < -0.4 is 0 Å². The summed E-state index contributed by atoms with van der Waals surface area (Å²) in [6, 6.07) is 2.12. The van der Waals surface area contributed by atoms with Gasteiger partial charge >= 0.3 is 0 Å². The van der Waals surface area contributed by atoms with Gasteiger partial charge in [0.2, 0.25) is 0 Å². The lowest BCUT2D eigenvalue weighted by molar-refractivity contribution is 0.672. The molecule has 0 saturated heterocycles. The van der Waals surface area contributed by atoms with Gasteiger partial charge < -0.3 is 0 Å². The van der Waals surface area contributed by atoms with Gasteiger partial charge in [-0.2, -0.15) is 5.10 Å². The highest BCUT2D eigenvalue weighted by Crippen LogP contribution is 2.33. The number of hydrogen-bond acceptors (Lipinski definition) is 3. The van der Waals surface area contributed by atoms with E-state index in [1.54, 1.807) is 11.3 Å². The molecule has 2 aromatic rings. The molecule has 0 aromatic carbocycles. The third-order valence-corrected chi connectivity index (χ3v) is 4.32. The highest BCUT2D eigenvalue weighted by Gasteiger charge is 2.21. The first-order chi connectivity index (χ1) is 7.84. The van der Waals surface area contributed by atoms with Crippen LogP contribution >= 0.6 is 11.3 Å². The fourth-order valence-electron chi connectivity index (χ4n) is 2.36. The van der Waals surface area contributed by atoms with Gasteiger partial charge in [-0.1, -0.05) is 12.8 Å². The zero-order valence-corrected chi connectivity index (χ0v) is 10.2. The Balaban J connectivity index is 1.90. The molecule has 0 atom stereocenters. The van der Waals surface area contributed by atoms with Gasteiger partial charge in [-0.15, -0.1) is 11.3 Å². The van der Waals surface area contributed by atoms with Gasteiger partial charge in [0.25, 0.3) is 0 Å². The second-order valence-corrected chi connectivity index (χ2v) is 5.37. The van der Waals surface area contributed by atoms with E-state index in [-0.39, 0.29) is 0 Å². The van der Waals surface area contributed by atoms with Crippen molar-refractivity contribution < 1.29 is 0 Å². The zero-order chi connectivity index (χ0) is 11.0. The van der Waals surface area contributed by atoms with Gasteiger partial charge in [0, 0.05) is 5.92 Å². The van der Waals surface area contributed by atoms with Gasteiger partial charge in [0.05, 0.1) is 4.88 Å². The van der Waals surface area contributed by atoms with Gasteiger partial charge in [0.1, 0.15) is 5.82 Å². The van der Waals surface area contributed by atoms with Crippen LogP contribution in [-0.2, 0) is 0 Å². The number of nitrogens with zero attached hydrogens (tertiary/aromatic N) is 2. The highest BCUT2D eigenvalue weighted by molar-refractivity contribution is 7.13. The molecule has 84 valence electrons. The number of aryl methyl sites for hydroxylation is 1. The van der Waals surface area contributed by atoms with E-state index in [1.807, 2.05) is 0 Å². The van der Waals surface area contributed by atoms with Gasteiger partial charge in [-0.05, 0) is 36.8 Å². The predicted octanol–water partition coefficient (Wildman–Crippen LogP) is 3.50. The van der Waals surface area contributed by atoms with E-state index >= 15 is 0 Å². The second kappa shape index (κ2) is 4.01. The van der Waals surface area contributed by atoms with Crippen LogP contribution in [0.1, 0.15) is 43.0 Å². The molecular formula is C12H15N3S. The van der Waals surface area contributed by atoms with Crippen molar-refractivity contribution in [2.45, 2.75) is 38.5 Å². The average Bonchev–Trinajstić information content (AvgIpc) is 2.96. The third-order valence-electron chi connectivity index (χ3n) is 3.31. The molecule has 0 spiro atoms. The molecule has 1 saturated carbocycles. The molecule has 1 N–H and O–H groups in total. The standard InChI is InChI=1S/C12H15N3S/c1-8-6-7-16-10(8)12-13-11(14-15-12)9-4-2-3-5-9/h6-7,9H,2-5H2,1H3,(H,13,14,15). The van der Waals surface area contributed by atoms with E-state index in [0.717, 1.165) is 11.6 Å². The van der Waals surface area contributed by atoms with Gasteiger partial charge in [-0.25, -0.2) is 4.98 Å². The highest BCUT2D eigenvalue weighted by atomic mass is 32.1. The maximum absolute atomic E-state index is 4.64. The van der Waals surface area contributed by atoms with Crippen molar-refractivity contribution in [2.75, 3.05) is 0 Å². The Morgan fingerprint density at radius 1 is 1.38 bits per heavy atom. The molecule has 1 aliphatic rings. The minimum Gasteiger partial charge on any atom is -0.262 e. The summed E-state index contributed by atoms with van der Waals surface area (Å²) in [5.41, 5.74) is 1.27. The fourth-order valence-corrected chi connectivity index (χ4v) is 3.22. The van der Waals surface area contributed by atoms with E-state index in [1.165, 1.54) is 36.1 Å². The van der Waals surface area contributed by atoms with E-state index in [4.69, 9.17) is 0 Å². The number of rotatable bonds is 2. The maximum Gasteiger partial charge on any atom is 0.191 e. The molecule has 0 radical (unpaired) electrons. The van der Waals surface area contributed by atoms with Crippen LogP contribution in [0.3, 0.4) is 0 Å². The molecule has 2 heterocycles. The van der Waals surface area contributed by atoms with Crippen LogP contribution in [0.2, 0.25) is 0 Å². The normalized spacial score (nSPS) is 17.1. The molecule has 1 aliphatic carbocycles. The Kier molecular flexibility index (Phi) is 2.52. The van der Waals surface area contributed by atoms with E-state index in [9.17, 15) is 0 Å². The number of thiophene rings is 1. The molecule has 16 heavy (non-hydrogen) atoms. The molecule has 0 bridgehead atoms. The van der Waals surface area contributed by atoms with Gasteiger partial charge in [0.15, 0.2) is 5.82 Å². The summed E-state index contributed by atoms with van der Waals surface area (Å²) in [7, 11) is 0. The van der Waals surface area contributed by atoms with E-state index < -0.39 is 0 Å². The first kappa shape index (κ1) is 10.0. The molecule has 3 nitrogen and oxygen atoms in total. The zero-order valence-electron chi connectivity index (χ0n) is 9.36. The summed E-state index contributed by atoms with van der Waals surface area (Å²) in [6.07, 6.45) is 5.19. The maximum atomic E-state index is 4.64. The lowest BCUT2D eigenvalue weighted by Gasteiger charge is -2.01. The largest absolute Gasteiger partial charge is 0.262 e. The van der Waals surface area contributed by atoms with E-state index in [0.29, 0.717) is 5.92 Å². The van der Waals surface area contributed by atoms with Crippen LogP contribution in [0, 0.1) is 6.92 Å². The summed E-state index contributed by atoms with van der Waals surface area (Å²) >= 11 is 1.71. The minimum atomic E-state index is 0.613. The summed E-state index contributed by atoms with van der Waals surface area (Å²) < 4.78 is 0. The molecule has 0 unspecified atom stereocenters. The van der Waals surface area contributed by atoms with Crippen LogP contribution in [-0.4, -0.2) is 15.2 Å². The van der Waals surface area contributed by atoms with Crippen LogP contribution in [0.4, 0.5) is 0 Å². The van der Waals surface area contributed by atoms with Crippen LogP contribution in [0.25, 0.3) is 10.7 Å². The lowest BCUT2D eigenvalue weighted by Crippen LogP contribution is -1.94. The Labute approximate surface area is 98.9 Å². The second-order valence-electron chi connectivity index (χ2n) is 4.46. The lowest BCUT2D eigenvalue weighted by atomic mass is 10.1. The van der Waals surface area contributed by atoms with Crippen LogP contribution in [0.15, 0.2) is 11.4 Å². The first-order valence-corrected chi connectivity index (χ1v) is 6.69. The van der Waals surface area contributed by atoms with Crippen molar-refractivity contribution in [1.82, 2.24) is 15.2 Å². The minimum absolute atomic E-state index is 0.613. The SMILES string of the molecule is Cc1ccsc1-c1n[nH]c(C2CCCC2)n1. The number of aromatic nitrogens is 3. The summed E-state index contributed by atoms with van der Waals surface area (Å²) in [5.74, 6) is 2.57. The molecule has 2 aromatic heterocycles. The Bertz CT molecular complexity index is 480. The number of hydrogen-bond donors (Lipinski definition) is 1. The average molecular weight is 233 g/mol. The van der Waals surface area contributed by atoms with Crippen molar-refractivity contribution in [3.8, 4) is 10.7 Å². The van der Waals surface area contributed by atoms with Crippen molar-refractivity contribution in [3.63, 3.8) is 0 Å². The molecule has 4 heteroatoms. The van der Waals surface area contributed by atoms with Crippen molar-refractivity contribution in [1.29, 1.82) is 0 Å². The fraction of sp³-hybridized carbons (Fsp3) is 0.500. The molecule has 0 aliphatic heterocycles. The quantitative estimate of drug-likeness (QED) is 0.862. The summed E-state index contributed by atoms with van der Waals surface area (Å²) in [6.45, 7) is 2.11. The monoisotopic (exact) mass is 233 g/mol. The molecule has 3 rings (SSSR count). The Morgan fingerprint density at radius 2 is 2.19 bits per heavy atom. The predicted molar refractivity (Wildman–Crippen MR) is 65.6 cm³/mol. The van der Waals surface area contributed by atoms with Crippen molar-refractivity contribution in [3.05, 3.63) is 22.8 Å². The molecule has 1 fully saturated rings. The van der Waals surface area contributed by atoms with Crippen molar-refractivity contribution >= 4 is 11.3 Å². The summed E-state index contributed by atoms with van der Waals surface area (Å²) in [4.78, 5) is 5.83. The Hall–Kier alpha value is -1.16. The number of nitrogens with one attached hydrogen (secondary N) is 1.